The summed E-state index contributed by atoms with van der Waals surface area (Å²) in [7, 11) is 0. The molecule has 0 saturated carbocycles. The Morgan fingerprint density at radius 3 is 3.00 bits per heavy atom. The summed E-state index contributed by atoms with van der Waals surface area (Å²) in [5, 5.41) is 18.5. The molecular weight excluding hydrogens is 142 g/mol. The van der Waals surface area contributed by atoms with E-state index in [0.717, 1.165) is 19.4 Å². The van der Waals surface area contributed by atoms with Gasteiger partial charge in [0.15, 0.2) is 0 Å². The Kier molecular flexibility index (Phi) is 1.87. The van der Waals surface area contributed by atoms with Crippen molar-refractivity contribution in [2.45, 2.75) is 37.5 Å². The molecule has 2 aliphatic rings. The minimum Gasteiger partial charge on any atom is -0.395 e. The molecule has 2 aliphatic heterocycles. The molecule has 0 aromatic heterocycles. The predicted molar refractivity (Wildman–Crippen MR) is 41.2 cm³/mol. The van der Waals surface area contributed by atoms with Gasteiger partial charge in [0, 0.05) is 12.1 Å². The van der Waals surface area contributed by atoms with E-state index in [1.165, 1.54) is 6.42 Å². The normalized spacial score (nSPS) is 44.7. The highest BCUT2D eigenvalue weighted by Crippen LogP contribution is 2.32. The standard InChI is InChI=1S/C8H15NO2/c10-5-6-4-8(11)7-2-1-3-9(6)7/h6-8,10-11H,1-5H2/t6?,7-,8?/m0/s1. The summed E-state index contributed by atoms with van der Waals surface area (Å²) in [5.41, 5.74) is 0. The number of nitrogens with zero attached hydrogens (tertiary/aromatic N) is 1. The Balaban J connectivity index is 2.07. The number of aliphatic hydroxyl groups excluding tert-OH is 2. The molecule has 0 spiro atoms. The van der Waals surface area contributed by atoms with E-state index >= 15 is 0 Å². The van der Waals surface area contributed by atoms with E-state index in [9.17, 15) is 5.11 Å². The van der Waals surface area contributed by atoms with Crippen LogP contribution in [0.4, 0.5) is 0 Å². The third-order valence-corrected chi connectivity index (χ3v) is 2.98. The minimum atomic E-state index is -0.186. The summed E-state index contributed by atoms with van der Waals surface area (Å²) in [6.07, 6.45) is 2.87. The van der Waals surface area contributed by atoms with Gasteiger partial charge in [-0.2, -0.15) is 0 Å². The van der Waals surface area contributed by atoms with Crippen LogP contribution in [0.15, 0.2) is 0 Å². The number of rotatable bonds is 1. The summed E-state index contributed by atoms with van der Waals surface area (Å²) in [6, 6.07) is 0.588. The Morgan fingerprint density at radius 2 is 2.27 bits per heavy atom. The van der Waals surface area contributed by atoms with Crippen molar-refractivity contribution in [3.63, 3.8) is 0 Å². The Bertz CT molecular complexity index is 151. The van der Waals surface area contributed by atoms with Crippen molar-refractivity contribution < 1.29 is 10.2 Å². The molecule has 2 saturated heterocycles. The lowest BCUT2D eigenvalue weighted by Gasteiger charge is -2.21. The molecular formula is C8H15NO2. The number of hydrogen-bond acceptors (Lipinski definition) is 3. The lowest BCUT2D eigenvalue weighted by atomic mass is 10.1. The van der Waals surface area contributed by atoms with Gasteiger partial charge in [-0.15, -0.1) is 0 Å². The highest BCUT2D eigenvalue weighted by atomic mass is 16.3. The van der Waals surface area contributed by atoms with Crippen LogP contribution in [0.25, 0.3) is 0 Å². The van der Waals surface area contributed by atoms with Crippen LogP contribution in [0.5, 0.6) is 0 Å². The molecule has 0 aliphatic carbocycles. The van der Waals surface area contributed by atoms with Crippen molar-refractivity contribution in [1.82, 2.24) is 4.90 Å². The average Bonchev–Trinajstić information content (AvgIpc) is 2.54. The van der Waals surface area contributed by atoms with Crippen molar-refractivity contribution in [1.29, 1.82) is 0 Å². The molecule has 0 amide bonds. The highest BCUT2D eigenvalue weighted by Gasteiger charge is 2.42. The maximum absolute atomic E-state index is 9.55. The van der Waals surface area contributed by atoms with E-state index in [4.69, 9.17) is 5.11 Å². The fourth-order valence-electron chi connectivity index (χ4n) is 2.43. The smallest absolute Gasteiger partial charge is 0.0711 e. The Hall–Kier alpha value is -0.120. The zero-order valence-corrected chi connectivity index (χ0v) is 6.61. The molecule has 2 unspecified atom stereocenters. The van der Waals surface area contributed by atoms with Crippen molar-refractivity contribution >= 4 is 0 Å². The van der Waals surface area contributed by atoms with Crippen molar-refractivity contribution in [2.75, 3.05) is 13.2 Å². The van der Waals surface area contributed by atoms with Gasteiger partial charge in [0.05, 0.1) is 12.7 Å². The number of fused-ring (bicyclic) bond motifs is 1. The topological polar surface area (TPSA) is 43.7 Å². The second-order valence-electron chi connectivity index (χ2n) is 3.59. The van der Waals surface area contributed by atoms with E-state index in [1.807, 2.05) is 0 Å². The molecule has 2 rings (SSSR count). The maximum atomic E-state index is 9.55. The van der Waals surface area contributed by atoms with Gasteiger partial charge in [0.2, 0.25) is 0 Å². The largest absolute Gasteiger partial charge is 0.395 e. The number of hydrogen-bond donors (Lipinski definition) is 2. The molecule has 2 fully saturated rings. The average molecular weight is 157 g/mol. The first-order valence-corrected chi connectivity index (χ1v) is 4.37. The van der Waals surface area contributed by atoms with Crippen LogP contribution in [0.3, 0.4) is 0 Å². The van der Waals surface area contributed by atoms with Crippen LogP contribution in [0.2, 0.25) is 0 Å². The lowest BCUT2D eigenvalue weighted by molar-refractivity contribution is 0.127. The molecule has 64 valence electrons. The van der Waals surface area contributed by atoms with Crippen molar-refractivity contribution in [3.05, 3.63) is 0 Å². The molecule has 2 N–H and O–H groups in total. The molecule has 0 aromatic rings. The van der Waals surface area contributed by atoms with E-state index < -0.39 is 0 Å². The summed E-state index contributed by atoms with van der Waals surface area (Å²) >= 11 is 0. The van der Waals surface area contributed by atoms with Crippen molar-refractivity contribution in [3.8, 4) is 0 Å². The Morgan fingerprint density at radius 1 is 1.45 bits per heavy atom. The van der Waals surface area contributed by atoms with Crippen molar-refractivity contribution in [2.24, 2.45) is 0 Å². The van der Waals surface area contributed by atoms with E-state index in [-0.39, 0.29) is 18.8 Å². The van der Waals surface area contributed by atoms with Gasteiger partial charge in [-0.1, -0.05) is 0 Å². The first kappa shape index (κ1) is 7.53. The van der Waals surface area contributed by atoms with Gasteiger partial charge in [-0.25, -0.2) is 0 Å². The van der Waals surface area contributed by atoms with Crippen LogP contribution in [-0.2, 0) is 0 Å². The molecule has 2 heterocycles. The van der Waals surface area contributed by atoms with Gasteiger partial charge in [0.25, 0.3) is 0 Å². The fourth-order valence-corrected chi connectivity index (χ4v) is 2.43. The fraction of sp³-hybridized carbons (Fsp3) is 1.00. The van der Waals surface area contributed by atoms with Crippen LogP contribution in [-0.4, -0.2) is 46.5 Å². The lowest BCUT2D eigenvalue weighted by Crippen LogP contribution is -2.34. The van der Waals surface area contributed by atoms with Gasteiger partial charge in [-0.3, -0.25) is 4.90 Å². The van der Waals surface area contributed by atoms with E-state index in [2.05, 4.69) is 4.90 Å². The molecule has 3 atom stereocenters. The zero-order chi connectivity index (χ0) is 7.84. The van der Waals surface area contributed by atoms with Gasteiger partial charge < -0.3 is 10.2 Å². The SMILES string of the molecule is OCC1CC(O)[C@@H]2CCCN12. The molecule has 3 heteroatoms. The minimum absolute atomic E-state index is 0.186. The molecule has 0 bridgehead atoms. The van der Waals surface area contributed by atoms with Gasteiger partial charge >= 0.3 is 0 Å². The predicted octanol–water partition coefficient (Wildman–Crippen LogP) is -0.424. The van der Waals surface area contributed by atoms with Gasteiger partial charge in [-0.05, 0) is 25.8 Å². The molecule has 0 aromatic carbocycles. The summed E-state index contributed by atoms with van der Waals surface area (Å²) in [5.74, 6) is 0. The first-order valence-electron chi connectivity index (χ1n) is 4.37. The van der Waals surface area contributed by atoms with Crippen LogP contribution < -0.4 is 0 Å². The van der Waals surface area contributed by atoms with Crippen LogP contribution >= 0.6 is 0 Å². The van der Waals surface area contributed by atoms with Crippen LogP contribution in [0.1, 0.15) is 19.3 Å². The first-order chi connectivity index (χ1) is 5.33. The zero-order valence-electron chi connectivity index (χ0n) is 6.61. The second-order valence-corrected chi connectivity index (χ2v) is 3.59. The van der Waals surface area contributed by atoms with Crippen LogP contribution in [0, 0.1) is 0 Å². The third-order valence-electron chi connectivity index (χ3n) is 2.98. The van der Waals surface area contributed by atoms with E-state index in [1.54, 1.807) is 0 Å². The third kappa shape index (κ3) is 1.08. The molecule has 3 nitrogen and oxygen atoms in total. The van der Waals surface area contributed by atoms with E-state index in [0.29, 0.717) is 6.04 Å². The summed E-state index contributed by atoms with van der Waals surface area (Å²) in [4.78, 5) is 2.25. The highest BCUT2D eigenvalue weighted by molar-refractivity contribution is 4.97. The Labute approximate surface area is 66.6 Å². The summed E-state index contributed by atoms with van der Waals surface area (Å²) in [6.45, 7) is 1.26. The molecule has 11 heavy (non-hydrogen) atoms. The van der Waals surface area contributed by atoms with Gasteiger partial charge in [0.1, 0.15) is 0 Å². The monoisotopic (exact) mass is 157 g/mol. The second kappa shape index (κ2) is 2.73. The summed E-state index contributed by atoms with van der Waals surface area (Å²) < 4.78 is 0. The molecule has 0 radical (unpaired) electrons. The maximum Gasteiger partial charge on any atom is 0.0711 e. The quantitative estimate of drug-likeness (QED) is 0.543. The number of aliphatic hydroxyl groups is 2.